The number of imidazole rings is 1. The van der Waals surface area contributed by atoms with Gasteiger partial charge in [-0.1, -0.05) is 6.42 Å². The van der Waals surface area contributed by atoms with Gasteiger partial charge in [-0.25, -0.2) is 14.6 Å². The van der Waals surface area contributed by atoms with Gasteiger partial charge in [0, 0.05) is 48.7 Å². The van der Waals surface area contributed by atoms with Gasteiger partial charge < -0.3 is 35.7 Å². The second-order valence-corrected chi connectivity index (χ2v) is 10.8. The van der Waals surface area contributed by atoms with Crippen LogP contribution in [0.25, 0.3) is 10.9 Å². The molecule has 1 unspecified atom stereocenters. The summed E-state index contributed by atoms with van der Waals surface area (Å²) in [6.07, 6.45) is 6.90. The molecule has 1 atom stereocenters. The summed E-state index contributed by atoms with van der Waals surface area (Å²) in [5.41, 5.74) is 1.54. The first-order chi connectivity index (χ1) is 20.1. The van der Waals surface area contributed by atoms with Crippen molar-refractivity contribution >= 4 is 46.9 Å². The lowest BCUT2D eigenvalue weighted by Crippen LogP contribution is -2.48. The summed E-state index contributed by atoms with van der Waals surface area (Å²) in [5.74, 6) is -0.976. The van der Waals surface area contributed by atoms with Crippen molar-refractivity contribution in [3.63, 3.8) is 0 Å². The van der Waals surface area contributed by atoms with E-state index in [0.29, 0.717) is 56.8 Å². The van der Waals surface area contributed by atoms with Crippen molar-refractivity contribution in [1.29, 1.82) is 0 Å². The standard InChI is InChI=1S/C28H40N8O6/c1-28(2,3)42-27(41)32-12-6-4-5-9-24(38)33-23(25(39)40)17-36(18-37)19-10-11-22-20(16-19)21(34-35-22)8-7-13-29-26-30-14-15-31-26/h10-11,14-16,18,23H,4-9,12-13,17H2,1-3H3,(H,32,41)(H,33,38)(H,34,35)(H,39,40)(H2,29,30,31). The highest BCUT2D eigenvalue weighted by Gasteiger charge is 2.24. The molecule has 3 rings (SSSR count). The van der Waals surface area contributed by atoms with Crippen molar-refractivity contribution in [1.82, 2.24) is 30.8 Å². The number of carboxylic acid groups (broad SMARTS) is 1. The number of nitrogens with zero attached hydrogens (tertiary/aromatic N) is 3. The molecule has 0 aliphatic carbocycles. The Labute approximate surface area is 244 Å². The number of ether oxygens (including phenoxy) is 1. The third-order valence-corrected chi connectivity index (χ3v) is 6.23. The number of aryl methyl sites for hydroxylation is 1. The molecule has 2 heterocycles. The second kappa shape index (κ2) is 15.4. The Morgan fingerprint density at radius 2 is 1.95 bits per heavy atom. The largest absolute Gasteiger partial charge is 0.480 e. The predicted molar refractivity (Wildman–Crippen MR) is 157 cm³/mol. The fourth-order valence-electron chi connectivity index (χ4n) is 4.20. The monoisotopic (exact) mass is 584 g/mol. The van der Waals surface area contributed by atoms with Crippen molar-refractivity contribution in [2.75, 3.05) is 29.9 Å². The number of benzene rings is 1. The molecule has 0 spiro atoms. The van der Waals surface area contributed by atoms with Crippen molar-refractivity contribution in [2.24, 2.45) is 0 Å². The van der Waals surface area contributed by atoms with E-state index in [1.54, 1.807) is 51.4 Å². The smallest absolute Gasteiger partial charge is 0.407 e. The minimum absolute atomic E-state index is 0.121. The minimum Gasteiger partial charge on any atom is -0.480 e. The fourth-order valence-corrected chi connectivity index (χ4v) is 4.20. The van der Waals surface area contributed by atoms with Crippen LogP contribution in [0.15, 0.2) is 30.6 Å². The van der Waals surface area contributed by atoms with Gasteiger partial charge in [0.1, 0.15) is 11.6 Å². The molecule has 42 heavy (non-hydrogen) atoms. The predicted octanol–water partition coefficient (Wildman–Crippen LogP) is 2.95. The molecule has 2 aromatic heterocycles. The molecule has 6 N–H and O–H groups in total. The van der Waals surface area contributed by atoms with Crippen molar-refractivity contribution < 1.29 is 29.0 Å². The SMILES string of the molecule is CC(C)(C)OC(=O)NCCCCCC(=O)NC(CN(C=O)c1ccc2n[nH]c(CCCNc3ncc[nH]3)c2c1)C(=O)O. The summed E-state index contributed by atoms with van der Waals surface area (Å²) >= 11 is 0. The third kappa shape index (κ3) is 10.4. The Bertz CT molecular complexity index is 1320. The van der Waals surface area contributed by atoms with E-state index in [4.69, 9.17) is 4.74 Å². The van der Waals surface area contributed by atoms with Gasteiger partial charge in [-0.05, 0) is 64.7 Å². The number of carboxylic acids is 1. The molecular weight excluding hydrogens is 544 g/mol. The molecule has 0 aliphatic rings. The highest BCUT2D eigenvalue weighted by atomic mass is 16.6. The summed E-state index contributed by atoms with van der Waals surface area (Å²) in [5, 5.41) is 26.3. The van der Waals surface area contributed by atoms with Crippen LogP contribution in [0.2, 0.25) is 0 Å². The maximum atomic E-state index is 12.5. The Morgan fingerprint density at radius 3 is 2.64 bits per heavy atom. The molecule has 0 saturated heterocycles. The van der Waals surface area contributed by atoms with Crippen LogP contribution in [0.1, 0.15) is 58.6 Å². The molecule has 14 nitrogen and oxygen atoms in total. The van der Waals surface area contributed by atoms with Gasteiger partial charge in [0.05, 0.1) is 12.1 Å². The van der Waals surface area contributed by atoms with Crippen LogP contribution in [-0.2, 0) is 25.5 Å². The number of carbonyl (C=O) groups is 4. The molecule has 0 fully saturated rings. The quantitative estimate of drug-likeness (QED) is 0.102. The highest BCUT2D eigenvalue weighted by Crippen LogP contribution is 2.24. The minimum atomic E-state index is -1.29. The van der Waals surface area contributed by atoms with Gasteiger partial charge in [0.2, 0.25) is 12.3 Å². The lowest BCUT2D eigenvalue weighted by Gasteiger charge is -2.23. The number of unbranched alkanes of at least 4 members (excludes halogenated alkanes) is 2. The van der Waals surface area contributed by atoms with Crippen molar-refractivity contribution in [2.45, 2.75) is 70.9 Å². The number of aromatic amines is 2. The summed E-state index contributed by atoms with van der Waals surface area (Å²) in [6.45, 7) is 6.21. The van der Waals surface area contributed by atoms with Crippen LogP contribution in [0.5, 0.6) is 0 Å². The second-order valence-electron chi connectivity index (χ2n) is 10.8. The first-order valence-electron chi connectivity index (χ1n) is 14.0. The van der Waals surface area contributed by atoms with Crippen LogP contribution in [0.4, 0.5) is 16.4 Å². The van der Waals surface area contributed by atoms with Gasteiger partial charge in [0.15, 0.2) is 5.95 Å². The zero-order chi connectivity index (χ0) is 30.5. The summed E-state index contributed by atoms with van der Waals surface area (Å²) in [7, 11) is 0. The fraction of sp³-hybridized carbons (Fsp3) is 0.500. The van der Waals surface area contributed by atoms with E-state index in [9.17, 15) is 24.3 Å². The van der Waals surface area contributed by atoms with E-state index in [1.165, 1.54) is 4.90 Å². The number of hydrogen-bond acceptors (Lipinski definition) is 8. The molecule has 1 aromatic carbocycles. The van der Waals surface area contributed by atoms with Crippen LogP contribution >= 0.6 is 0 Å². The van der Waals surface area contributed by atoms with Gasteiger partial charge in [-0.3, -0.25) is 14.7 Å². The van der Waals surface area contributed by atoms with E-state index in [0.717, 1.165) is 23.0 Å². The van der Waals surface area contributed by atoms with E-state index in [2.05, 4.69) is 36.1 Å². The van der Waals surface area contributed by atoms with Gasteiger partial charge in [-0.15, -0.1) is 0 Å². The Morgan fingerprint density at radius 1 is 1.14 bits per heavy atom. The number of aliphatic carboxylic acids is 1. The normalized spacial score (nSPS) is 12.0. The zero-order valence-electron chi connectivity index (χ0n) is 24.2. The summed E-state index contributed by atoms with van der Waals surface area (Å²) < 4.78 is 5.17. The lowest BCUT2D eigenvalue weighted by atomic mass is 10.1. The topological polar surface area (TPSA) is 194 Å². The maximum Gasteiger partial charge on any atom is 0.407 e. The zero-order valence-corrected chi connectivity index (χ0v) is 24.2. The van der Waals surface area contributed by atoms with Gasteiger partial charge in [0.25, 0.3) is 0 Å². The Balaban J connectivity index is 1.48. The number of carbonyl (C=O) groups excluding carboxylic acids is 3. The first-order valence-corrected chi connectivity index (χ1v) is 14.0. The van der Waals surface area contributed by atoms with E-state index >= 15 is 0 Å². The lowest BCUT2D eigenvalue weighted by molar-refractivity contribution is -0.141. The van der Waals surface area contributed by atoms with E-state index in [1.807, 2.05) is 0 Å². The molecular formula is C28H40N8O6. The number of hydrogen-bond donors (Lipinski definition) is 6. The molecule has 0 saturated carbocycles. The maximum absolute atomic E-state index is 12.5. The summed E-state index contributed by atoms with van der Waals surface area (Å²) in [6, 6.07) is 3.94. The molecule has 228 valence electrons. The Hall–Kier alpha value is -4.62. The average molecular weight is 585 g/mol. The number of alkyl carbamates (subject to hydrolysis) is 1. The number of nitrogens with one attached hydrogen (secondary N) is 5. The van der Waals surface area contributed by atoms with E-state index in [-0.39, 0.29) is 13.0 Å². The van der Waals surface area contributed by atoms with Crippen LogP contribution in [-0.4, -0.2) is 80.9 Å². The average Bonchev–Trinajstić information content (AvgIpc) is 3.59. The van der Waals surface area contributed by atoms with Crippen LogP contribution in [0.3, 0.4) is 0 Å². The van der Waals surface area contributed by atoms with Gasteiger partial charge >= 0.3 is 12.1 Å². The molecule has 14 heteroatoms. The number of fused-ring (bicyclic) bond motifs is 1. The number of rotatable bonds is 17. The molecule has 3 amide bonds. The van der Waals surface area contributed by atoms with Gasteiger partial charge in [-0.2, -0.15) is 5.10 Å². The number of anilines is 2. The van der Waals surface area contributed by atoms with Crippen molar-refractivity contribution in [3.8, 4) is 0 Å². The third-order valence-electron chi connectivity index (χ3n) is 6.23. The molecule has 0 aliphatic heterocycles. The van der Waals surface area contributed by atoms with Crippen LogP contribution < -0.4 is 20.9 Å². The Kier molecular flexibility index (Phi) is 11.7. The number of aromatic nitrogens is 4. The molecule has 0 bridgehead atoms. The molecule has 3 aromatic rings. The first kappa shape index (κ1) is 31.9. The number of H-pyrrole nitrogens is 2. The number of amides is 3. The molecule has 0 radical (unpaired) electrons. The summed E-state index contributed by atoms with van der Waals surface area (Å²) in [4.78, 5) is 56.4. The van der Waals surface area contributed by atoms with Crippen molar-refractivity contribution in [3.05, 3.63) is 36.3 Å². The van der Waals surface area contributed by atoms with Crippen LogP contribution in [0, 0.1) is 0 Å². The van der Waals surface area contributed by atoms with E-state index < -0.39 is 29.6 Å². The highest BCUT2D eigenvalue weighted by molar-refractivity contribution is 5.90.